The monoisotopic (exact) mass is 321 g/mol. The first-order valence-electron chi connectivity index (χ1n) is 7.30. The van der Waals surface area contributed by atoms with Crippen molar-refractivity contribution in [1.82, 2.24) is 4.31 Å². The quantitative estimate of drug-likeness (QED) is 0.663. The molecule has 1 fully saturated rings. The highest BCUT2D eigenvalue weighted by Crippen LogP contribution is 2.21. The number of hydrogen-bond acceptors (Lipinski definition) is 5. The Hall–Kier alpha value is -0.660. The standard InChI is InChI=1S/C14H27NO5S/c1-14(2,3)11-21(17,18)15(8-7-13(16)19-4)10-12-6-5-9-20-12/h12H,5-11H2,1-4H3. The van der Waals surface area contributed by atoms with Gasteiger partial charge in [0, 0.05) is 19.7 Å². The predicted octanol–water partition coefficient (Wildman–Crippen LogP) is 1.41. The van der Waals surface area contributed by atoms with E-state index < -0.39 is 16.0 Å². The van der Waals surface area contributed by atoms with Crippen molar-refractivity contribution in [3.05, 3.63) is 0 Å². The molecule has 1 aliphatic heterocycles. The van der Waals surface area contributed by atoms with Crippen molar-refractivity contribution < 1.29 is 22.7 Å². The van der Waals surface area contributed by atoms with Crippen molar-refractivity contribution in [1.29, 1.82) is 0 Å². The smallest absolute Gasteiger partial charge is 0.306 e. The third kappa shape index (κ3) is 6.76. The zero-order valence-corrected chi connectivity index (χ0v) is 14.2. The minimum atomic E-state index is -3.43. The van der Waals surface area contributed by atoms with E-state index in [1.54, 1.807) is 0 Å². The second-order valence-electron chi connectivity index (χ2n) is 6.64. The maximum atomic E-state index is 12.6. The number of esters is 1. The van der Waals surface area contributed by atoms with E-state index in [1.165, 1.54) is 11.4 Å². The average molecular weight is 321 g/mol. The van der Waals surface area contributed by atoms with E-state index in [0.29, 0.717) is 13.2 Å². The number of nitrogens with zero attached hydrogens (tertiary/aromatic N) is 1. The normalized spacial score (nSPS) is 20.0. The molecule has 1 aliphatic rings. The fourth-order valence-corrected chi connectivity index (χ4v) is 4.36. The Morgan fingerprint density at radius 1 is 1.38 bits per heavy atom. The maximum absolute atomic E-state index is 12.6. The molecule has 0 aromatic heterocycles. The Morgan fingerprint density at radius 3 is 2.52 bits per heavy atom. The lowest BCUT2D eigenvalue weighted by atomic mass is 10.0. The van der Waals surface area contributed by atoms with Crippen LogP contribution in [0.5, 0.6) is 0 Å². The minimum absolute atomic E-state index is 0.0495. The summed E-state index contributed by atoms with van der Waals surface area (Å²) in [4.78, 5) is 11.3. The molecule has 0 radical (unpaired) electrons. The molecule has 21 heavy (non-hydrogen) atoms. The molecule has 1 rings (SSSR count). The highest BCUT2D eigenvalue weighted by molar-refractivity contribution is 7.89. The number of ether oxygens (including phenoxy) is 2. The van der Waals surface area contributed by atoms with Crippen LogP contribution in [0, 0.1) is 5.41 Å². The van der Waals surface area contributed by atoms with Gasteiger partial charge in [0.1, 0.15) is 0 Å². The van der Waals surface area contributed by atoms with Crippen LogP contribution in [0.1, 0.15) is 40.0 Å². The third-order valence-electron chi connectivity index (χ3n) is 3.23. The molecule has 7 heteroatoms. The summed E-state index contributed by atoms with van der Waals surface area (Å²) >= 11 is 0. The number of carbonyl (C=O) groups is 1. The van der Waals surface area contributed by atoms with Crippen molar-refractivity contribution >= 4 is 16.0 Å². The van der Waals surface area contributed by atoms with Gasteiger partial charge in [0.05, 0.1) is 25.4 Å². The second kappa shape index (κ2) is 7.56. The van der Waals surface area contributed by atoms with Gasteiger partial charge in [-0.15, -0.1) is 0 Å². The number of rotatable bonds is 7. The van der Waals surface area contributed by atoms with Crippen LogP contribution in [0.2, 0.25) is 0 Å². The summed E-state index contributed by atoms with van der Waals surface area (Å²) in [5.74, 6) is -0.355. The van der Waals surface area contributed by atoms with Crippen LogP contribution in [-0.4, -0.2) is 57.4 Å². The topological polar surface area (TPSA) is 72.9 Å². The maximum Gasteiger partial charge on any atom is 0.306 e. The molecule has 6 nitrogen and oxygen atoms in total. The first-order chi connectivity index (χ1) is 9.64. The van der Waals surface area contributed by atoms with E-state index >= 15 is 0 Å². The van der Waals surface area contributed by atoms with Crippen molar-refractivity contribution in [2.24, 2.45) is 5.41 Å². The molecule has 0 spiro atoms. The van der Waals surface area contributed by atoms with Crippen molar-refractivity contribution in [2.75, 3.05) is 32.6 Å². The Kier molecular flexibility index (Phi) is 6.62. The van der Waals surface area contributed by atoms with Crippen LogP contribution in [0.15, 0.2) is 0 Å². The van der Waals surface area contributed by atoms with Gasteiger partial charge < -0.3 is 9.47 Å². The summed E-state index contributed by atoms with van der Waals surface area (Å²) in [7, 11) is -2.12. The summed E-state index contributed by atoms with van der Waals surface area (Å²) in [6, 6.07) is 0. The molecule has 124 valence electrons. The molecule has 0 saturated carbocycles. The molecule has 1 heterocycles. The summed E-state index contributed by atoms with van der Waals surface area (Å²) in [6.07, 6.45) is 1.80. The van der Waals surface area contributed by atoms with Gasteiger partial charge in [-0.25, -0.2) is 8.42 Å². The number of carbonyl (C=O) groups excluding carboxylic acids is 1. The lowest BCUT2D eigenvalue weighted by Gasteiger charge is -2.28. The van der Waals surface area contributed by atoms with Gasteiger partial charge in [-0.05, 0) is 18.3 Å². The van der Waals surface area contributed by atoms with Crippen molar-refractivity contribution in [2.45, 2.75) is 46.1 Å². The van der Waals surface area contributed by atoms with Gasteiger partial charge >= 0.3 is 5.97 Å². The fraction of sp³-hybridized carbons (Fsp3) is 0.929. The van der Waals surface area contributed by atoms with Crippen molar-refractivity contribution in [3.8, 4) is 0 Å². The van der Waals surface area contributed by atoms with E-state index in [1.807, 2.05) is 20.8 Å². The largest absolute Gasteiger partial charge is 0.469 e. The molecule has 0 aromatic rings. The zero-order chi connectivity index (χ0) is 16.1. The lowest BCUT2D eigenvalue weighted by Crippen LogP contribution is -2.42. The van der Waals surface area contributed by atoms with Crippen LogP contribution < -0.4 is 0 Å². The minimum Gasteiger partial charge on any atom is -0.469 e. The van der Waals surface area contributed by atoms with E-state index in [4.69, 9.17) is 4.74 Å². The van der Waals surface area contributed by atoms with Crippen molar-refractivity contribution in [3.63, 3.8) is 0 Å². The Balaban J connectivity index is 2.75. The molecule has 0 bridgehead atoms. The third-order valence-corrected chi connectivity index (χ3v) is 5.58. The molecule has 0 aliphatic carbocycles. The molecule has 0 amide bonds. The summed E-state index contributed by atoms with van der Waals surface area (Å²) in [5, 5.41) is 0. The molecule has 0 aromatic carbocycles. The molecule has 1 unspecified atom stereocenters. The van der Waals surface area contributed by atoms with E-state index in [-0.39, 0.29) is 30.2 Å². The number of sulfonamides is 1. The predicted molar refractivity (Wildman–Crippen MR) is 80.4 cm³/mol. The first kappa shape index (κ1) is 18.4. The van der Waals surface area contributed by atoms with E-state index in [9.17, 15) is 13.2 Å². The molecule has 1 atom stereocenters. The number of methoxy groups -OCH3 is 1. The number of hydrogen-bond donors (Lipinski definition) is 0. The highest BCUT2D eigenvalue weighted by Gasteiger charge is 2.31. The SMILES string of the molecule is COC(=O)CCN(CC1CCCO1)S(=O)(=O)CC(C)(C)C. The average Bonchev–Trinajstić information content (AvgIpc) is 2.83. The van der Waals surface area contributed by atoms with E-state index in [2.05, 4.69) is 4.74 Å². The molecule has 0 N–H and O–H groups in total. The summed E-state index contributed by atoms with van der Waals surface area (Å²) in [5.41, 5.74) is -0.334. The van der Waals surface area contributed by atoms with Crippen LogP contribution in [0.3, 0.4) is 0 Å². The Morgan fingerprint density at radius 2 is 2.05 bits per heavy atom. The summed E-state index contributed by atoms with van der Waals surface area (Å²) in [6.45, 7) is 6.79. The first-order valence-corrected chi connectivity index (χ1v) is 8.91. The van der Waals surface area contributed by atoms with E-state index in [0.717, 1.165) is 12.8 Å². The lowest BCUT2D eigenvalue weighted by molar-refractivity contribution is -0.140. The fourth-order valence-electron chi connectivity index (χ4n) is 2.32. The van der Waals surface area contributed by atoms with Crippen LogP contribution in [0.4, 0.5) is 0 Å². The van der Waals surface area contributed by atoms with Gasteiger partial charge in [-0.1, -0.05) is 20.8 Å². The Bertz CT molecular complexity index is 435. The highest BCUT2D eigenvalue weighted by atomic mass is 32.2. The van der Waals surface area contributed by atoms with Crippen LogP contribution in [0.25, 0.3) is 0 Å². The van der Waals surface area contributed by atoms with Crippen LogP contribution >= 0.6 is 0 Å². The van der Waals surface area contributed by atoms with Gasteiger partial charge in [-0.2, -0.15) is 4.31 Å². The molecule has 1 saturated heterocycles. The van der Waals surface area contributed by atoms with Gasteiger partial charge in [-0.3, -0.25) is 4.79 Å². The molecular weight excluding hydrogens is 294 g/mol. The zero-order valence-electron chi connectivity index (χ0n) is 13.4. The second-order valence-corrected chi connectivity index (χ2v) is 8.60. The van der Waals surface area contributed by atoms with Crippen LogP contribution in [-0.2, 0) is 24.3 Å². The summed E-state index contributed by atoms with van der Waals surface area (Å²) < 4.78 is 36.6. The van der Waals surface area contributed by atoms with Gasteiger partial charge in [0.25, 0.3) is 0 Å². The van der Waals surface area contributed by atoms with Gasteiger partial charge in [0.15, 0.2) is 0 Å². The van der Waals surface area contributed by atoms with Gasteiger partial charge in [0.2, 0.25) is 10.0 Å². The molecular formula is C14H27NO5S. The Labute approximate surface area is 127 Å².